The normalized spacial score (nSPS) is 14.1. The Labute approximate surface area is 102 Å². The van der Waals surface area contributed by atoms with Crippen LogP contribution < -0.4 is 11.1 Å². The van der Waals surface area contributed by atoms with Gasteiger partial charge in [0.2, 0.25) is 5.91 Å². The number of aliphatic hydroxyl groups excluding tert-OH is 1. The molecule has 1 aromatic carbocycles. The minimum atomic E-state index is -0.524. The molecular formula is C13H20N2O2. The van der Waals surface area contributed by atoms with E-state index in [4.69, 9.17) is 10.8 Å². The first kappa shape index (κ1) is 13.7. The van der Waals surface area contributed by atoms with Crippen molar-refractivity contribution < 1.29 is 9.90 Å². The summed E-state index contributed by atoms with van der Waals surface area (Å²) >= 11 is 0. The summed E-state index contributed by atoms with van der Waals surface area (Å²) in [7, 11) is 0. The van der Waals surface area contributed by atoms with Crippen LogP contribution in [0.2, 0.25) is 0 Å². The predicted octanol–water partition coefficient (Wildman–Crippen LogP) is 0.444. The van der Waals surface area contributed by atoms with Crippen molar-refractivity contribution in [3.63, 3.8) is 0 Å². The Bertz CT molecular complexity index is 341. The molecule has 1 aromatic rings. The molecule has 0 aliphatic carbocycles. The van der Waals surface area contributed by atoms with Gasteiger partial charge in [0.15, 0.2) is 0 Å². The monoisotopic (exact) mass is 236 g/mol. The summed E-state index contributed by atoms with van der Waals surface area (Å²) in [5.74, 6) is -0.206. The number of nitrogens with two attached hydrogens (primary N) is 1. The van der Waals surface area contributed by atoms with Gasteiger partial charge in [0.25, 0.3) is 0 Å². The van der Waals surface area contributed by atoms with Crippen molar-refractivity contribution in [3.8, 4) is 0 Å². The molecular weight excluding hydrogens is 216 g/mol. The maximum absolute atomic E-state index is 11.6. The highest BCUT2D eigenvalue weighted by atomic mass is 16.3. The van der Waals surface area contributed by atoms with Crippen molar-refractivity contribution in [2.45, 2.75) is 31.8 Å². The summed E-state index contributed by atoms with van der Waals surface area (Å²) in [6, 6.07) is 9.15. The molecule has 0 bridgehead atoms. The van der Waals surface area contributed by atoms with Gasteiger partial charge in [0, 0.05) is 6.04 Å². The van der Waals surface area contributed by atoms with Gasteiger partial charge in [-0.2, -0.15) is 0 Å². The topological polar surface area (TPSA) is 75.3 Å². The maximum Gasteiger partial charge on any atom is 0.237 e. The molecule has 0 aromatic heterocycles. The van der Waals surface area contributed by atoms with E-state index >= 15 is 0 Å². The zero-order valence-electron chi connectivity index (χ0n) is 10.1. The third-order valence-corrected chi connectivity index (χ3v) is 2.59. The summed E-state index contributed by atoms with van der Waals surface area (Å²) in [6.07, 6.45) is 1.39. The lowest BCUT2D eigenvalue weighted by Gasteiger charge is -2.15. The molecule has 0 spiro atoms. The fourth-order valence-electron chi connectivity index (χ4n) is 1.49. The van der Waals surface area contributed by atoms with Crippen molar-refractivity contribution in [2.24, 2.45) is 5.73 Å². The Kier molecular flexibility index (Phi) is 5.66. The second-order valence-electron chi connectivity index (χ2n) is 4.22. The summed E-state index contributed by atoms with van der Waals surface area (Å²) in [5, 5.41) is 11.5. The lowest BCUT2D eigenvalue weighted by Crippen LogP contribution is -2.45. The Morgan fingerprint density at radius 2 is 2.06 bits per heavy atom. The highest BCUT2D eigenvalue weighted by Crippen LogP contribution is 2.04. The lowest BCUT2D eigenvalue weighted by molar-refractivity contribution is -0.123. The van der Waals surface area contributed by atoms with Gasteiger partial charge in [0.05, 0.1) is 12.6 Å². The number of benzene rings is 1. The van der Waals surface area contributed by atoms with Crippen molar-refractivity contribution in [1.82, 2.24) is 5.32 Å². The quantitative estimate of drug-likeness (QED) is 0.671. The van der Waals surface area contributed by atoms with Crippen molar-refractivity contribution in [3.05, 3.63) is 35.9 Å². The van der Waals surface area contributed by atoms with E-state index in [9.17, 15) is 4.79 Å². The number of hydrogen-bond acceptors (Lipinski definition) is 3. The zero-order valence-corrected chi connectivity index (χ0v) is 10.1. The molecule has 0 aliphatic rings. The highest BCUT2D eigenvalue weighted by Gasteiger charge is 2.14. The molecule has 1 rings (SSSR count). The SMILES string of the molecule is C[C@H](CO)NC(=O)[C@@H](N)CCc1ccccc1. The van der Waals surface area contributed by atoms with Gasteiger partial charge >= 0.3 is 0 Å². The second-order valence-corrected chi connectivity index (χ2v) is 4.22. The van der Waals surface area contributed by atoms with Crippen molar-refractivity contribution >= 4 is 5.91 Å². The second kappa shape index (κ2) is 7.04. The minimum absolute atomic E-state index is 0.0723. The molecule has 17 heavy (non-hydrogen) atoms. The molecule has 4 nitrogen and oxygen atoms in total. The average Bonchev–Trinajstić information content (AvgIpc) is 2.36. The largest absolute Gasteiger partial charge is 0.394 e. The predicted molar refractivity (Wildman–Crippen MR) is 67.4 cm³/mol. The van der Waals surface area contributed by atoms with Crippen LogP contribution in [0, 0.1) is 0 Å². The summed E-state index contributed by atoms with van der Waals surface area (Å²) in [5.41, 5.74) is 6.95. The molecule has 0 saturated carbocycles. The standard InChI is InChI=1S/C13H20N2O2/c1-10(9-16)15-13(17)12(14)8-7-11-5-3-2-4-6-11/h2-6,10,12,16H,7-9,14H2,1H3,(H,15,17)/t10-,12+/m1/s1. The molecule has 2 atom stereocenters. The van der Waals surface area contributed by atoms with E-state index < -0.39 is 6.04 Å². The first-order valence-electron chi connectivity index (χ1n) is 5.84. The average molecular weight is 236 g/mol. The maximum atomic E-state index is 11.6. The molecule has 0 heterocycles. The first-order chi connectivity index (χ1) is 8.13. The van der Waals surface area contributed by atoms with Gasteiger partial charge < -0.3 is 16.2 Å². The third kappa shape index (κ3) is 4.97. The van der Waals surface area contributed by atoms with Crippen LogP contribution in [0.15, 0.2) is 30.3 Å². The van der Waals surface area contributed by atoms with Gasteiger partial charge in [-0.05, 0) is 25.3 Å². The Balaban J connectivity index is 2.34. The molecule has 4 heteroatoms. The van der Waals surface area contributed by atoms with Crippen LogP contribution in [0.4, 0.5) is 0 Å². The molecule has 0 aliphatic heterocycles. The number of aryl methyl sites for hydroxylation is 1. The number of aliphatic hydroxyl groups is 1. The third-order valence-electron chi connectivity index (χ3n) is 2.59. The molecule has 94 valence electrons. The van der Waals surface area contributed by atoms with Crippen LogP contribution >= 0.6 is 0 Å². The highest BCUT2D eigenvalue weighted by molar-refractivity contribution is 5.81. The van der Waals surface area contributed by atoms with Crippen LogP contribution in [0.25, 0.3) is 0 Å². The number of carbonyl (C=O) groups is 1. The lowest BCUT2D eigenvalue weighted by atomic mass is 10.1. The molecule has 1 amide bonds. The van der Waals surface area contributed by atoms with Crippen LogP contribution in [-0.2, 0) is 11.2 Å². The Morgan fingerprint density at radius 3 is 2.65 bits per heavy atom. The van der Waals surface area contributed by atoms with Crippen LogP contribution in [0.5, 0.6) is 0 Å². The van der Waals surface area contributed by atoms with Gasteiger partial charge in [-0.1, -0.05) is 30.3 Å². The summed E-state index contributed by atoms with van der Waals surface area (Å²) in [6.45, 7) is 1.67. The minimum Gasteiger partial charge on any atom is -0.394 e. The van der Waals surface area contributed by atoms with E-state index in [-0.39, 0.29) is 18.6 Å². The van der Waals surface area contributed by atoms with E-state index in [1.165, 1.54) is 5.56 Å². The molecule has 4 N–H and O–H groups in total. The Hall–Kier alpha value is -1.39. The van der Waals surface area contributed by atoms with Gasteiger partial charge in [-0.25, -0.2) is 0 Å². The smallest absolute Gasteiger partial charge is 0.237 e. The van der Waals surface area contributed by atoms with E-state index in [0.717, 1.165) is 6.42 Å². The first-order valence-corrected chi connectivity index (χ1v) is 5.84. The van der Waals surface area contributed by atoms with E-state index in [1.54, 1.807) is 6.92 Å². The van der Waals surface area contributed by atoms with E-state index in [2.05, 4.69) is 5.32 Å². The van der Waals surface area contributed by atoms with Crippen LogP contribution in [0.1, 0.15) is 18.9 Å². The molecule has 0 radical (unpaired) electrons. The number of nitrogens with one attached hydrogen (secondary N) is 1. The van der Waals surface area contributed by atoms with Crippen LogP contribution in [-0.4, -0.2) is 29.7 Å². The number of amides is 1. The number of rotatable bonds is 6. The number of hydrogen-bond donors (Lipinski definition) is 3. The fraction of sp³-hybridized carbons (Fsp3) is 0.462. The molecule has 0 fully saturated rings. The summed E-state index contributed by atoms with van der Waals surface area (Å²) < 4.78 is 0. The number of carbonyl (C=O) groups excluding carboxylic acids is 1. The van der Waals surface area contributed by atoms with Gasteiger partial charge in [-0.3, -0.25) is 4.79 Å². The van der Waals surface area contributed by atoms with Gasteiger partial charge in [-0.15, -0.1) is 0 Å². The zero-order chi connectivity index (χ0) is 12.7. The van der Waals surface area contributed by atoms with E-state index in [1.807, 2.05) is 30.3 Å². The van der Waals surface area contributed by atoms with Gasteiger partial charge in [0.1, 0.15) is 0 Å². The van der Waals surface area contributed by atoms with Crippen LogP contribution in [0.3, 0.4) is 0 Å². The fourth-order valence-corrected chi connectivity index (χ4v) is 1.49. The van der Waals surface area contributed by atoms with E-state index in [0.29, 0.717) is 6.42 Å². The van der Waals surface area contributed by atoms with Crippen molar-refractivity contribution in [1.29, 1.82) is 0 Å². The molecule has 0 unspecified atom stereocenters. The Morgan fingerprint density at radius 1 is 1.41 bits per heavy atom. The summed E-state index contributed by atoms with van der Waals surface area (Å²) in [4.78, 5) is 11.6. The van der Waals surface area contributed by atoms with Crippen molar-refractivity contribution in [2.75, 3.05) is 6.61 Å². The molecule has 0 saturated heterocycles.